The third-order valence-corrected chi connectivity index (χ3v) is 5.00. The minimum Gasteiger partial charge on any atom is -0.459 e. The Morgan fingerprint density at radius 3 is 2.48 bits per heavy atom. The van der Waals surface area contributed by atoms with Crippen LogP contribution in [0.15, 0.2) is 24.3 Å². The first-order valence-corrected chi connectivity index (χ1v) is 10.0. The van der Waals surface area contributed by atoms with E-state index in [9.17, 15) is 18.0 Å². The van der Waals surface area contributed by atoms with Crippen LogP contribution in [0.1, 0.15) is 44.2 Å². The Labute approximate surface area is 169 Å². The normalized spacial score (nSPS) is 26.3. The lowest BCUT2D eigenvalue weighted by molar-refractivity contribution is -0.159. The zero-order valence-electron chi connectivity index (χ0n) is 16.9. The summed E-state index contributed by atoms with van der Waals surface area (Å²) >= 11 is 0. The average molecular weight is 417 g/mol. The molecule has 1 aromatic rings. The summed E-state index contributed by atoms with van der Waals surface area (Å²) < 4.78 is 55.6. The molecule has 0 bridgehead atoms. The van der Waals surface area contributed by atoms with Crippen LogP contribution in [0.5, 0.6) is 0 Å². The minimum absolute atomic E-state index is 0.0254. The molecule has 2 N–H and O–H groups in total. The molecule has 1 heterocycles. The lowest BCUT2D eigenvalue weighted by Crippen LogP contribution is -2.42. The number of hydrogen-bond donors (Lipinski definition) is 1. The van der Waals surface area contributed by atoms with Gasteiger partial charge in [0.2, 0.25) is 0 Å². The van der Waals surface area contributed by atoms with E-state index in [-0.39, 0.29) is 19.1 Å². The molecule has 4 atom stereocenters. The highest BCUT2D eigenvalue weighted by atomic mass is 19.4. The number of alkyl halides is 3. The van der Waals surface area contributed by atoms with Crippen LogP contribution in [0.4, 0.5) is 13.2 Å². The maximum atomic E-state index is 12.8. The zero-order valence-corrected chi connectivity index (χ0v) is 16.9. The van der Waals surface area contributed by atoms with E-state index in [1.54, 1.807) is 6.92 Å². The molecule has 0 aromatic heterocycles. The fraction of sp³-hybridized carbons (Fsp3) is 0.667. The van der Waals surface area contributed by atoms with E-state index in [4.69, 9.17) is 19.9 Å². The number of carbonyl (C=O) groups excluding carboxylic acids is 1. The number of hydrogen-bond acceptors (Lipinski definition) is 5. The number of ether oxygens (including phenoxy) is 3. The van der Waals surface area contributed by atoms with Gasteiger partial charge in [-0.15, -0.1) is 0 Å². The van der Waals surface area contributed by atoms with Crippen LogP contribution in [0, 0.1) is 5.92 Å². The highest BCUT2D eigenvalue weighted by Crippen LogP contribution is 2.30. The van der Waals surface area contributed by atoms with Crippen molar-refractivity contribution >= 4 is 5.97 Å². The van der Waals surface area contributed by atoms with Crippen LogP contribution in [0.2, 0.25) is 0 Å². The van der Waals surface area contributed by atoms with Gasteiger partial charge >= 0.3 is 12.1 Å². The number of cyclic esters (lactones) is 1. The van der Waals surface area contributed by atoms with Gasteiger partial charge in [0.05, 0.1) is 24.9 Å². The topological polar surface area (TPSA) is 70.8 Å². The molecule has 0 radical (unpaired) electrons. The Morgan fingerprint density at radius 1 is 1.17 bits per heavy atom. The average Bonchev–Trinajstić information content (AvgIpc) is 2.70. The van der Waals surface area contributed by atoms with E-state index in [0.717, 1.165) is 37.0 Å². The molecule has 1 aliphatic heterocycles. The first-order valence-electron chi connectivity index (χ1n) is 10.0. The highest BCUT2D eigenvalue weighted by molar-refractivity contribution is 5.75. The monoisotopic (exact) mass is 417 g/mol. The van der Waals surface area contributed by atoms with Crippen molar-refractivity contribution in [2.24, 2.45) is 11.7 Å². The molecule has 0 saturated carbocycles. The molecule has 0 unspecified atom stereocenters. The zero-order chi connectivity index (χ0) is 21.4. The summed E-state index contributed by atoms with van der Waals surface area (Å²) in [5, 5.41) is 0. The Balaban J connectivity index is 2.16. The number of carbonyl (C=O) groups is 1. The molecule has 1 fully saturated rings. The Morgan fingerprint density at radius 2 is 1.86 bits per heavy atom. The molecule has 0 amide bonds. The van der Waals surface area contributed by atoms with Crippen molar-refractivity contribution in [2.45, 2.75) is 64.0 Å². The van der Waals surface area contributed by atoms with E-state index in [2.05, 4.69) is 6.92 Å². The third-order valence-electron chi connectivity index (χ3n) is 5.00. The molecule has 29 heavy (non-hydrogen) atoms. The maximum Gasteiger partial charge on any atom is 0.416 e. The lowest BCUT2D eigenvalue weighted by Gasteiger charge is -2.31. The summed E-state index contributed by atoms with van der Waals surface area (Å²) in [7, 11) is 0. The number of nitrogens with two attached hydrogens (primary N) is 1. The lowest BCUT2D eigenvalue weighted by atomic mass is 9.91. The molecule has 5 nitrogen and oxygen atoms in total. The summed E-state index contributed by atoms with van der Waals surface area (Å²) in [5.74, 6) is -0.740. The van der Waals surface area contributed by atoms with Crippen molar-refractivity contribution in [3.05, 3.63) is 35.4 Å². The van der Waals surface area contributed by atoms with Crippen LogP contribution in [0.25, 0.3) is 0 Å². The van der Waals surface area contributed by atoms with Crippen molar-refractivity contribution in [3.8, 4) is 0 Å². The molecular weight excluding hydrogens is 387 g/mol. The Bertz CT molecular complexity index is 636. The minimum atomic E-state index is -4.37. The molecule has 1 aliphatic rings. The SMILES string of the molecule is CCCCCO[C@@H]1[C@@H](Cc2ccc(C(F)(F)F)cc2)COC[C@H](N)C(=O)O[C@H]1C. The van der Waals surface area contributed by atoms with Gasteiger partial charge in [-0.25, -0.2) is 0 Å². The first kappa shape index (κ1) is 23.6. The second-order valence-corrected chi connectivity index (χ2v) is 7.49. The summed E-state index contributed by atoms with van der Waals surface area (Å²) in [6.07, 6.45) is -1.98. The maximum absolute atomic E-state index is 12.8. The fourth-order valence-corrected chi connectivity index (χ4v) is 3.38. The van der Waals surface area contributed by atoms with Crippen molar-refractivity contribution in [2.75, 3.05) is 19.8 Å². The summed E-state index contributed by atoms with van der Waals surface area (Å²) in [6.45, 7) is 4.65. The summed E-state index contributed by atoms with van der Waals surface area (Å²) in [4.78, 5) is 12.1. The van der Waals surface area contributed by atoms with Crippen LogP contribution in [-0.4, -0.2) is 44.0 Å². The van der Waals surface area contributed by atoms with Crippen molar-refractivity contribution < 1.29 is 32.2 Å². The van der Waals surface area contributed by atoms with Crippen LogP contribution in [0.3, 0.4) is 0 Å². The molecular formula is C21H30F3NO4. The van der Waals surface area contributed by atoms with Crippen molar-refractivity contribution in [1.29, 1.82) is 0 Å². The van der Waals surface area contributed by atoms with E-state index >= 15 is 0 Å². The molecule has 1 aromatic carbocycles. The number of rotatable bonds is 7. The number of halogens is 3. The van der Waals surface area contributed by atoms with Gasteiger partial charge in [0.1, 0.15) is 12.1 Å². The quantitative estimate of drug-likeness (QED) is 0.541. The van der Waals surface area contributed by atoms with Crippen LogP contribution < -0.4 is 5.73 Å². The summed E-state index contributed by atoms with van der Waals surface area (Å²) in [5.41, 5.74) is 5.82. The van der Waals surface area contributed by atoms with Gasteiger partial charge in [0.25, 0.3) is 0 Å². The van der Waals surface area contributed by atoms with Gasteiger partial charge in [-0.05, 0) is 37.5 Å². The smallest absolute Gasteiger partial charge is 0.416 e. The van der Waals surface area contributed by atoms with Gasteiger partial charge in [-0.2, -0.15) is 13.2 Å². The number of unbranched alkanes of at least 4 members (excludes halogenated alkanes) is 2. The van der Waals surface area contributed by atoms with Crippen molar-refractivity contribution in [3.63, 3.8) is 0 Å². The van der Waals surface area contributed by atoms with Gasteiger partial charge in [-0.1, -0.05) is 31.9 Å². The molecule has 164 valence electrons. The van der Waals surface area contributed by atoms with E-state index in [1.165, 1.54) is 12.1 Å². The van der Waals surface area contributed by atoms with E-state index in [0.29, 0.717) is 13.0 Å². The highest BCUT2D eigenvalue weighted by Gasteiger charge is 2.34. The fourth-order valence-electron chi connectivity index (χ4n) is 3.38. The van der Waals surface area contributed by atoms with E-state index in [1.807, 2.05) is 0 Å². The Kier molecular flexibility index (Phi) is 8.92. The molecule has 8 heteroatoms. The molecule has 0 spiro atoms. The van der Waals surface area contributed by atoms with Crippen LogP contribution in [-0.2, 0) is 31.6 Å². The second kappa shape index (κ2) is 10.9. The van der Waals surface area contributed by atoms with Gasteiger partial charge in [0, 0.05) is 12.5 Å². The second-order valence-electron chi connectivity index (χ2n) is 7.49. The number of esters is 1. The standard InChI is InChI=1S/C21H30F3NO4/c1-3-4-5-10-28-19-14(2)29-20(26)18(25)13-27-12-16(19)11-15-6-8-17(9-7-15)21(22,23)24/h6-9,14,16,18-19H,3-5,10-13,25H2,1-2H3/t14-,16-,18-,19-/m0/s1. The number of benzene rings is 1. The molecule has 2 rings (SSSR count). The predicted octanol–water partition coefficient (Wildman–Crippen LogP) is 3.73. The molecule has 0 aliphatic carbocycles. The first-order chi connectivity index (χ1) is 13.7. The van der Waals surface area contributed by atoms with E-state index < -0.39 is 36.0 Å². The van der Waals surface area contributed by atoms with Gasteiger partial charge < -0.3 is 19.9 Å². The largest absolute Gasteiger partial charge is 0.459 e. The molecule has 1 saturated heterocycles. The van der Waals surface area contributed by atoms with Gasteiger partial charge in [-0.3, -0.25) is 4.79 Å². The predicted molar refractivity (Wildman–Crippen MR) is 102 cm³/mol. The Hall–Kier alpha value is -1.64. The van der Waals surface area contributed by atoms with Gasteiger partial charge in [0.15, 0.2) is 0 Å². The summed E-state index contributed by atoms with van der Waals surface area (Å²) in [6, 6.07) is 4.20. The van der Waals surface area contributed by atoms with Crippen LogP contribution >= 0.6 is 0 Å². The van der Waals surface area contributed by atoms with Crippen molar-refractivity contribution in [1.82, 2.24) is 0 Å². The third kappa shape index (κ3) is 7.28.